The molecule has 0 saturated carbocycles. The van der Waals surface area contributed by atoms with Gasteiger partial charge in [0.15, 0.2) is 0 Å². The zero-order valence-corrected chi connectivity index (χ0v) is 10.9. The number of ether oxygens (including phenoxy) is 1. The fourth-order valence-corrected chi connectivity index (χ4v) is 1.73. The largest absolute Gasteiger partial charge is 0.508 e. The van der Waals surface area contributed by atoms with Crippen molar-refractivity contribution in [3.8, 4) is 5.75 Å². The van der Waals surface area contributed by atoms with Gasteiger partial charge in [-0.2, -0.15) is 0 Å². The van der Waals surface area contributed by atoms with Gasteiger partial charge in [-0.15, -0.1) is 0 Å². The number of phenols is 1. The topological polar surface area (TPSA) is 41.5 Å². The van der Waals surface area contributed by atoms with Crippen molar-refractivity contribution in [2.24, 2.45) is 0 Å². The van der Waals surface area contributed by atoms with E-state index in [4.69, 9.17) is 4.74 Å². The maximum absolute atomic E-state index is 9.25. The summed E-state index contributed by atoms with van der Waals surface area (Å²) in [5.74, 6) is 0.312. The third-order valence-corrected chi connectivity index (χ3v) is 2.65. The summed E-state index contributed by atoms with van der Waals surface area (Å²) in [4.78, 5) is 0. The lowest BCUT2D eigenvalue weighted by molar-refractivity contribution is 0.0792. The van der Waals surface area contributed by atoms with Crippen LogP contribution in [0.15, 0.2) is 24.3 Å². The molecule has 0 fully saturated rings. The first-order chi connectivity index (χ1) is 8.13. The number of phenolic OH excluding ortho intramolecular Hbond substituents is 1. The molecule has 0 aromatic heterocycles. The van der Waals surface area contributed by atoms with Gasteiger partial charge in [0, 0.05) is 12.6 Å². The van der Waals surface area contributed by atoms with Crippen molar-refractivity contribution in [2.45, 2.75) is 39.3 Å². The molecule has 0 heterocycles. The molecular formula is C14H23NO2. The highest BCUT2D eigenvalue weighted by Gasteiger charge is 2.08. The third-order valence-electron chi connectivity index (χ3n) is 2.65. The molecule has 0 radical (unpaired) electrons. The molecule has 1 unspecified atom stereocenters. The molecule has 1 aromatic rings. The Morgan fingerprint density at radius 3 is 2.41 bits per heavy atom. The van der Waals surface area contributed by atoms with Crippen LogP contribution < -0.4 is 5.32 Å². The number of hydrogen-bond donors (Lipinski definition) is 2. The van der Waals surface area contributed by atoms with Crippen LogP contribution in [0.5, 0.6) is 5.75 Å². The van der Waals surface area contributed by atoms with Gasteiger partial charge in [-0.05, 0) is 38.0 Å². The first-order valence-electron chi connectivity index (χ1n) is 6.27. The Morgan fingerprint density at radius 1 is 1.24 bits per heavy atom. The van der Waals surface area contributed by atoms with Crippen LogP contribution in [-0.4, -0.2) is 24.4 Å². The quantitative estimate of drug-likeness (QED) is 0.716. The number of nitrogens with one attached hydrogen (secondary N) is 1. The molecule has 0 bridgehead atoms. The maximum atomic E-state index is 9.25. The van der Waals surface area contributed by atoms with Crippen molar-refractivity contribution in [3.63, 3.8) is 0 Å². The molecule has 1 atom stereocenters. The summed E-state index contributed by atoms with van der Waals surface area (Å²) in [6.07, 6.45) is 1.30. The minimum Gasteiger partial charge on any atom is -0.508 e. The van der Waals surface area contributed by atoms with E-state index in [1.54, 1.807) is 12.1 Å². The SMILES string of the molecule is CCC(NCCOC(C)C)c1ccc(O)cc1. The van der Waals surface area contributed by atoms with E-state index in [0.29, 0.717) is 11.8 Å². The van der Waals surface area contributed by atoms with Crippen molar-refractivity contribution in [1.82, 2.24) is 5.32 Å². The normalized spacial score (nSPS) is 12.9. The number of rotatable bonds is 7. The molecule has 0 aliphatic carbocycles. The predicted octanol–water partition coefficient (Wildman–Crippen LogP) is 2.86. The van der Waals surface area contributed by atoms with E-state index >= 15 is 0 Å². The smallest absolute Gasteiger partial charge is 0.115 e. The third kappa shape index (κ3) is 5.20. The first-order valence-corrected chi connectivity index (χ1v) is 6.27. The van der Waals surface area contributed by atoms with Gasteiger partial charge in [-0.3, -0.25) is 0 Å². The van der Waals surface area contributed by atoms with Gasteiger partial charge in [0.1, 0.15) is 5.75 Å². The molecular weight excluding hydrogens is 214 g/mol. The molecule has 3 nitrogen and oxygen atoms in total. The Hall–Kier alpha value is -1.06. The Morgan fingerprint density at radius 2 is 1.88 bits per heavy atom. The molecule has 3 heteroatoms. The first kappa shape index (κ1) is 14.0. The number of hydrogen-bond acceptors (Lipinski definition) is 3. The van der Waals surface area contributed by atoms with Crippen LogP contribution in [0.3, 0.4) is 0 Å². The molecule has 0 saturated heterocycles. The average molecular weight is 237 g/mol. The summed E-state index contributed by atoms with van der Waals surface area (Å²) >= 11 is 0. The summed E-state index contributed by atoms with van der Waals surface area (Å²) < 4.78 is 5.49. The summed E-state index contributed by atoms with van der Waals surface area (Å²) in [6.45, 7) is 7.80. The Bertz CT molecular complexity index is 309. The number of aromatic hydroxyl groups is 1. The molecule has 0 spiro atoms. The Balaban J connectivity index is 2.40. The van der Waals surface area contributed by atoms with Gasteiger partial charge in [-0.25, -0.2) is 0 Å². The van der Waals surface area contributed by atoms with Gasteiger partial charge >= 0.3 is 0 Å². The van der Waals surface area contributed by atoms with Crippen molar-refractivity contribution in [1.29, 1.82) is 0 Å². The molecule has 17 heavy (non-hydrogen) atoms. The molecule has 1 rings (SSSR count). The summed E-state index contributed by atoms with van der Waals surface area (Å²) in [5.41, 5.74) is 1.20. The van der Waals surface area contributed by atoms with E-state index in [2.05, 4.69) is 12.2 Å². The maximum Gasteiger partial charge on any atom is 0.115 e. The minimum atomic E-state index is 0.283. The Labute approximate surface area is 104 Å². The van der Waals surface area contributed by atoms with E-state index in [-0.39, 0.29) is 6.10 Å². The lowest BCUT2D eigenvalue weighted by Gasteiger charge is -2.18. The van der Waals surface area contributed by atoms with Crippen LogP contribution in [0.2, 0.25) is 0 Å². The van der Waals surface area contributed by atoms with Crippen LogP contribution in [0, 0.1) is 0 Å². The van der Waals surface area contributed by atoms with Crippen molar-refractivity contribution in [2.75, 3.05) is 13.2 Å². The van der Waals surface area contributed by atoms with Crippen LogP contribution in [-0.2, 0) is 4.74 Å². The van der Waals surface area contributed by atoms with E-state index in [1.807, 2.05) is 26.0 Å². The van der Waals surface area contributed by atoms with E-state index in [1.165, 1.54) is 5.56 Å². The predicted molar refractivity (Wildman–Crippen MR) is 70.2 cm³/mol. The average Bonchev–Trinajstić information content (AvgIpc) is 2.30. The highest BCUT2D eigenvalue weighted by Crippen LogP contribution is 2.19. The summed E-state index contributed by atoms with van der Waals surface area (Å²) in [6, 6.07) is 7.69. The highest BCUT2D eigenvalue weighted by molar-refractivity contribution is 5.27. The van der Waals surface area contributed by atoms with Gasteiger partial charge in [-0.1, -0.05) is 19.1 Å². The molecule has 96 valence electrons. The van der Waals surface area contributed by atoms with Crippen molar-refractivity contribution in [3.05, 3.63) is 29.8 Å². The van der Waals surface area contributed by atoms with Gasteiger partial charge in [0.25, 0.3) is 0 Å². The Kier molecular flexibility index (Phi) is 6.01. The van der Waals surface area contributed by atoms with E-state index in [0.717, 1.165) is 19.6 Å². The van der Waals surface area contributed by atoms with Gasteiger partial charge in [0.05, 0.1) is 12.7 Å². The molecule has 0 aliphatic rings. The van der Waals surface area contributed by atoms with E-state index < -0.39 is 0 Å². The molecule has 2 N–H and O–H groups in total. The lowest BCUT2D eigenvalue weighted by atomic mass is 10.0. The zero-order chi connectivity index (χ0) is 12.7. The van der Waals surface area contributed by atoms with Crippen molar-refractivity contribution >= 4 is 0 Å². The summed E-state index contributed by atoms with van der Waals surface area (Å²) in [5, 5.41) is 12.7. The van der Waals surface area contributed by atoms with Crippen LogP contribution >= 0.6 is 0 Å². The fraction of sp³-hybridized carbons (Fsp3) is 0.571. The monoisotopic (exact) mass is 237 g/mol. The highest BCUT2D eigenvalue weighted by atomic mass is 16.5. The minimum absolute atomic E-state index is 0.283. The zero-order valence-electron chi connectivity index (χ0n) is 10.9. The standard InChI is InChI=1S/C14H23NO2/c1-4-14(15-9-10-17-11(2)3)12-5-7-13(16)8-6-12/h5-8,11,14-16H,4,9-10H2,1-3H3. The molecule has 1 aromatic carbocycles. The van der Waals surface area contributed by atoms with Crippen LogP contribution in [0.25, 0.3) is 0 Å². The molecule has 0 aliphatic heterocycles. The molecule has 0 amide bonds. The van der Waals surface area contributed by atoms with Crippen LogP contribution in [0.4, 0.5) is 0 Å². The number of benzene rings is 1. The summed E-state index contributed by atoms with van der Waals surface area (Å²) in [7, 11) is 0. The van der Waals surface area contributed by atoms with Crippen LogP contribution in [0.1, 0.15) is 38.8 Å². The fourth-order valence-electron chi connectivity index (χ4n) is 1.73. The second-order valence-corrected chi connectivity index (χ2v) is 4.43. The van der Waals surface area contributed by atoms with Crippen molar-refractivity contribution < 1.29 is 9.84 Å². The van der Waals surface area contributed by atoms with Gasteiger partial charge < -0.3 is 15.2 Å². The van der Waals surface area contributed by atoms with Gasteiger partial charge in [0.2, 0.25) is 0 Å². The lowest BCUT2D eigenvalue weighted by Crippen LogP contribution is -2.25. The second kappa shape index (κ2) is 7.30. The van der Waals surface area contributed by atoms with E-state index in [9.17, 15) is 5.11 Å². The second-order valence-electron chi connectivity index (χ2n) is 4.43.